The number of pyridine rings is 1. The Labute approximate surface area is 143 Å². The quantitative estimate of drug-likeness (QED) is 0.846. The molecule has 0 aliphatic carbocycles. The third-order valence-corrected chi connectivity index (χ3v) is 4.51. The number of rotatable bonds is 4. The Bertz CT molecular complexity index is 813. The van der Waals surface area contributed by atoms with Crippen molar-refractivity contribution in [2.24, 2.45) is 17.5 Å². The molecule has 0 saturated heterocycles. The lowest BCUT2D eigenvalue weighted by Crippen LogP contribution is -2.40. The molecule has 3 rings (SSSR count). The monoisotopic (exact) mass is 352 g/mol. The van der Waals surface area contributed by atoms with Gasteiger partial charge in [0.15, 0.2) is 5.82 Å². The van der Waals surface area contributed by atoms with Crippen LogP contribution in [0.25, 0.3) is 11.4 Å². The van der Waals surface area contributed by atoms with E-state index in [2.05, 4.69) is 15.0 Å². The summed E-state index contributed by atoms with van der Waals surface area (Å²) in [7, 11) is 3.37. The van der Waals surface area contributed by atoms with E-state index in [4.69, 9.17) is 4.74 Å². The lowest BCUT2D eigenvalue weighted by molar-refractivity contribution is -0.190. The number of nitrogens with zero attached hydrogens (tertiary/aromatic N) is 4. The molecule has 8 heteroatoms. The van der Waals surface area contributed by atoms with Crippen molar-refractivity contribution in [2.75, 3.05) is 13.7 Å². The van der Waals surface area contributed by atoms with Gasteiger partial charge in [0.05, 0.1) is 12.3 Å². The van der Waals surface area contributed by atoms with Crippen LogP contribution in [-0.2, 0) is 24.6 Å². The summed E-state index contributed by atoms with van der Waals surface area (Å²) in [6.45, 7) is 1.66. The first kappa shape index (κ1) is 17.6. The normalized spacial score (nSPS) is 19.9. The van der Waals surface area contributed by atoms with Crippen LogP contribution in [0.5, 0.6) is 0 Å². The molecule has 1 atom stereocenters. The van der Waals surface area contributed by atoms with Crippen LogP contribution in [0.15, 0.2) is 23.5 Å². The molecule has 134 valence electrons. The number of hydrogen-bond donors (Lipinski definition) is 0. The third kappa shape index (κ3) is 3.06. The van der Waals surface area contributed by atoms with Gasteiger partial charge in [-0.25, -0.2) is 9.98 Å². The van der Waals surface area contributed by atoms with E-state index in [0.29, 0.717) is 30.4 Å². The number of aliphatic imine (C=N–C) groups is 1. The number of fused-ring (bicyclic) bond motifs is 1. The van der Waals surface area contributed by atoms with Gasteiger partial charge in [0, 0.05) is 44.8 Å². The molecule has 0 N–H and O–H groups in total. The minimum Gasteiger partial charge on any atom is -0.384 e. The fourth-order valence-corrected chi connectivity index (χ4v) is 2.89. The Morgan fingerprint density at radius 1 is 1.36 bits per heavy atom. The van der Waals surface area contributed by atoms with E-state index in [1.165, 1.54) is 0 Å². The summed E-state index contributed by atoms with van der Waals surface area (Å²) in [6, 6.07) is 1.81. The lowest BCUT2D eigenvalue weighted by atomic mass is 9.84. The third-order valence-electron chi connectivity index (χ3n) is 4.51. The summed E-state index contributed by atoms with van der Waals surface area (Å²) in [5.41, 5.74) is 0.113. The van der Waals surface area contributed by atoms with Crippen LogP contribution >= 0.6 is 0 Å². The molecule has 25 heavy (non-hydrogen) atoms. The number of imidazole rings is 1. The predicted molar refractivity (Wildman–Crippen MR) is 88.0 cm³/mol. The maximum atomic E-state index is 13.3. The zero-order chi connectivity index (χ0) is 18.2. The Kier molecular flexibility index (Phi) is 4.40. The SMILES string of the molecule is COCCc1cnccc1-c1nc2c(n1C)N=CC(C)(C(F)(F)F)C2. The van der Waals surface area contributed by atoms with Crippen molar-refractivity contribution in [3.05, 3.63) is 29.7 Å². The van der Waals surface area contributed by atoms with E-state index in [1.807, 2.05) is 6.07 Å². The predicted octanol–water partition coefficient (Wildman–Crippen LogP) is 3.50. The van der Waals surface area contributed by atoms with Gasteiger partial charge in [0.2, 0.25) is 0 Å². The molecule has 0 bridgehead atoms. The van der Waals surface area contributed by atoms with Gasteiger partial charge in [0.25, 0.3) is 0 Å². The molecular weight excluding hydrogens is 333 g/mol. The molecule has 0 spiro atoms. The standard InChI is InChI=1S/C17H19F3N4O/c1-16(17(18,19)20)8-13-15(22-10-16)24(2)14(23-13)12-4-6-21-9-11(12)5-7-25-3/h4,6,9-10H,5,7-8H2,1-3H3. The van der Waals surface area contributed by atoms with Gasteiger partial charge in [-0.2, -0.15) is 13.2 Å². The highest BCUT2D eigenvalue weighted by molar-refractivity contribution is 5.75. The molecule has 0 radical (unpaired) electrons. The highest BCUT2D eigenvalue weighted by Gasteiger charge is 2.52. The van der Waals surface area contributed by atoms with Crippen LogP contribution < -0.4 is 0 Å². The Morgan fingerprint density at radius 3 is 2.80 bits per heavy atom. The second-order valence-electron chi connectivity index (χ2n) is 6.39. The Hall–Kier alpha value is -2.22. The highest BCUT2D eigenvalue weighted by atomic mass is 19.4. The van der Waals surface area contributed by atoms with Gasteiger partial charge in [-0.15, -0.1) is 0 Å². The first-order valence-corrected chi connectivity index (χ1v) is 7.86. The van der Waals surface area contributed by atoms with Crippen molar-refractivity contribution in [1.82, 2.24) is 14.5 Å². The van der Waals surface area contributed by atoms with Gasteiger partial charge >= 0.3 is 6.18 Å². The minimum absolute atomic E-state index is 0.221. The van der Waals surface area contributed by atoms with Crippen LogP contribution in [0.4, 0.5) is 19.0 Å². The fraction of sp³-hybridized carbons (Fsp3) is 0.471. The largest absolute Gasteiger partial charge is 0.399 e. The van der Waals surface area contributed by atoms with Crippen molar-refractivity contribution in [3.63, 3.8) is 0 Å². The molecule has 0 amide bonds. The van der Waals surface area contributed by atoms with Crippen molar-refractivity contribution in [2.45, 2.75) is 25.9 Å². The average Bonchev–Trinajstić information content (AvgIpc) is 2.88. The molecule has 2 aromatic heterocycles. The average molecular weight is 352 g/mol. The molecule has 0 aromatic carbocycles. The number of methoxy groups -OCH3 is 1. The van der Waals surface area contributed by atoms with E-state index in [9.17, 15) is 13.2 Å². The summed E-state index contributed by atoms with van der Waals surface area (Å²) in [5, 5.41) is 0. The molecule has 0 fully saturated rings. The van der Waals surface area contributed by atoms with Gasteiger partial charge < -0.3 is 9.30 Å². The van der Waals surface area contributed by atoms with Crippen molar-refractivity contribution >= 4 is 12.0 Å². The van der Waals surface area contributed by atoms with Gasteiger partial charge in [0.1, 0.15) is 11.2 Å². The summed E-state index contributed by atoms with van der Waals surface area (Å²) in [4.78, 5) is 12.7. The zero-order valence-electron chi connectivity index (χ0n) is 14.3. The summed E-state index contributed by atoms with van der Waals surface area (Å²) in [5.74, 6) is 1.05. The van der Waals surface area contributed by atoms with E-state index in [0.717, 1.165) is 24.3 Å². The lowest BCUT2D eigenvalue weighted by Gasteiger charge is -2.29. The second kappa shape index (κ2) is 6.25. The first-order valence-electron chi connectivity index (χ1n) is 7.86. The molecule has 3 heterocycles. The van der Waals surface area contributed by atoms with E-state index < -0.39 is 11.6 Å². The smallest absolute Gasteiger partial charge is 0.384 e. The maximum absolute atomic E-state index is 13.3. The number of alkyl halides is 3. The molecule has 1 unspecified atom stereocenters. The van der Waals surface area contributed by atoms with Crippen LogP contribution in [0.3, 0.4) is 0 Å². The number of hydrogen-bond acceptors (Lipinski definition) is 4. The number of aromatic nitrogens is 3. The van der Waals surface area contributed by atoms with E-state index in [-0.39, 0.29) is 6.42 Å². The maximum Gasteiger partial charge on any atom is 0.399 e. The molecule has 2 aromatic rings. The minimum atomic E-state index is -4.37. The van der Waals surface area contributed by atoms with Crippen molar-refractivity contribution < 1.29 is 17.9 Å². The fourth-order valence-electron chi connectivity index (χ4n) is 2.89. The molecular formula is C17H19F3N4O. The topological polar surface area (TPSA) is 52.3 Å². The Morgan fingerprint density at radius 2 is 2.12 bits per heavy atom. The Balaban J connectivity index is 2.03. The van der Waals surface area contributed by atoms with E-state index >= 15 is 0 Å². The van der Waals surface area contributed by atoms with E-state index in [1.54, 1.807) is 31.1 Å². The second-order valence-corrected chi connectivity index (χ2v) is 6.39. The molecule has 5 nitrogen and oxygen atoms in total. The molecule has 1 aliphatic heterocycles. The highest BCUT2D eigenvalue weighted by Crippen LogP contribution is 2.44. The van der Waals surface area contributed by atoms with Crippen molar-refractivity contribution in [3.8, 4) is 11.4 Å². The molecule has 1 aliphatic rings. The zero-order valence-corrected chi connectivity index (χ0v) is 14.3. The van der Waals surface area contributed by atoms with Crippen molar-refractivity contribution in [1.29, 1.82) is 0 Å². The van der Waals surface area contributed by atoms with Crippen LogP contribution in [0.2, 0.25) is 0 Å². The first-order chi connectivity index (χ1) is 11.8. The summed E-state index contributed by atoms with van der Waals surface area (Å²) < 4.78 is 46.8. The number of ether oxygens (including phenoxy) is 1. The van der Waals surface area contributed by atoms with Crippen LogP contribution in [0.1, 0.15) is 18.2 Å². The van der Waals surface area contributed by atoms with Gasteiger partial charge in [-0.1, -0.05) is 0 Å². The van der Waals surface area contributed by atoms with Gasteiger partial charge in [-0.05, 0) is 25.0 Å². The van der Waals surface area contributed by atoms with Crippen LogP contribution in [-0.4, -0.2) is 40.6 Å². The summed E-state index contributed by atoms with van der Waals surface area (Å²) >= 11 is 0. The molecule has 0 saturated carbocycles. The number of halogens is 3. The van der Waals surface area contributed by atoms with Gasteiger partial charge in [-0.3, -0.25) is 4.98 Å². The summed E-state index contributed by atoms with van der Waals surface area (Å²) in [6.07, 6.45) is 0.404. The van der Waals surface area contributed by atoms with Crippen LogP contribution in [0, 0.1) is 5.41 Å².